The van der Waals surface area contributed by atoms with Crippen molar-refractivity contribution in [2.75, 3.05) is 11.4 Å². The molecule has 1 saturated heterocycles. The monoisotopic (exact) mass is 224 g/mol. The zero-order chi connectivity index (χ0) is 10.4. The number of anilines is 1. The van der Waals surface area contributed by atoms with Crippen molar-refractivity contribution in [2.45, 2.75) is 30.4 Å². The Morgan fingerprint density at radius 3 is 2.87 bits per heavy atom. The molecule has 1 amide bonds. The summed E-state index contributed by atoms with van der Waals surface area (Å²) >= 11 is 4.29. The van der Waals surface area contributed by atoms with Crippen molar-refractivity contribution in [1.82, 2.24) is 15.2 Å². The fourth-order valence-electron chi connectivity index (χ4n) is 1.81. The third-order valence-electron chi connectivity index (χ3n) is 2.80. The van der Waals surface area contributed by atoms with Crippen molar-refractivity contribution in [2.24, 2.45) is 0 Å². The second kappa shape index (κ2) is 3.23. The third kappa shape index (κ3) is 1.62. The van der Waals surface area contributed by atoms with Gasteiger partial charge in [0.05, 0.1) is 0 Å². The smallest absolute Gasteiger partial charge is 0.251 e. The number of rotatable bonds is 2. The van der Waals surface area contributed by atoms with Crippen LogP contribution in [0.4, 0.5) is 5.95 Å². The highest BCUT2D eigenvalue weighted by Crippen LogP contribution is 2.38. The number of amides is 1. The number of hydrogen-bond acceptors (Lipinski definition) is 4. The Morgan fingerprint density at radius 2 is 2.27 bits per heavy atom. The number of aromatic nitrogens is 3. The lowest BCUT2D eigenvalue weighted by atomic mass is 10.4. The number of H-pyrrole nitrogens is 1. The first-order chi connectivity index (χ1) is 7.24. The molecule has 1 N–H and O–H groups in total. The molecule has 1 aromatic rings. The molecule has 1 aliphatic heterocycles. The minimum atomic E-state index is 0.0661. The first kappa shape index (κ1) is 9.21. The van der Waals surface area contributed by atoms with Crippen molar-refractivity contribution < 1.29 is 4.79 Å². The molecule has 0 bridgehead atoms. The minimum Gasteiger partial charge on any atom is -0.278 e. The second-order valence-corrected chi connectivity index (χ2v) is 4.89. The lowest BCUT2D eigenvalue weighted by Gasteiger charge is -2.09. The number of hydrogen-bond donors (Lipinski definition) is 2. The molecule has 3 rings (SSSR count). The van der Waals surface area contributed by atoms with Crippen LogP contribution in [0, 0.1) is 0 Å². The van der Waals surface area contributed by atoms with Gasteiger partial charge < -0.3 is 0 Å². The average Bonchev–Trinajstić information content (AvgIpc) is 2.83. The van der Waals surface area contributed by atoms with Crippen LogP contribution >= 0.6 is 12.6 Å². The quantitative estimate of drug-likeness (QED) is 0.727. The van der Waals surface area contributed by atoms with E-state index in [2.05, 4.69) is 27.8 Å². The fourth-order valence-corrected chi connectivity index (χ4v) is 2.13. The summed E-state index contributed by atoms with van der Waals surface area (Å²) in [6.45, 7) is 0.615. The van der Waals surface area contributed by atoms with Gasteiger partial charge in [-0.05, 0) is 12.8 Å². The first-order valence-electron chi connectivity index (χ1n) is 5.15. The molecule has 80 valence electrons. The Balaban J connectivity index is 1.82. The number of nitrogens with zero attached hydrogens (tertiary/aromatic N) is 3. The summed E-state index contributed by atoms with van der Waals surface area (Å²) in [5.74, 6) is 2.03. The van der Waals surface area contributed by atoms with Crippen LogP contribution in [-0.2, 0) is 4.79 Å². The van der Waals surface area contributed by atoms with E-state index in [4.69, 9.17) is 0 Å². The normalized spacial score (nSPS) is 26.3. The maximum absolute atomic E-state index is 11.6. The Morgan fingerprint density at radius 1 is 1.47 bits per heavy atom. The van der Waals surface area contributed by atoms with Crippen LogP contribution in [0.1, 0.15) is 31.0 Å². The molecule has 1 unspecified atom stereocenters. The van der Waals surface area contributed by atoms with E-state index in [-0.39, 0.29) is 11.2 Å². The van der Waals surface area contributed by atoms with Crippen LogP contribution in [0.25, 0.3) is 0 Å². The highest BCUT2D eigenvalue weighted by atomic mass is 32.1. The van der Waals surface area contributed by atoms with Crippen molar-refractivity contribution >= 4 is 24.5 Å². The van der Waals surface area contributed by atoms with E-state index in [9.17, 15) is 4.79 Å². The maximum atomic E-state index is 11.6. The largest absolute Gasteiger partial charge is 0.278 e. The maximum Gasteiger partial charge on any atom is 0.251 e. The van der Waals surface area contributed by atoms with Gasteiger partial charge in [-0.2, -0.15) is 17.6 Å². The molecule has 1 atom stereocenters. The number of nitrogens with one attached hydrogen (secondary N) is 1. The number of carbonyl (C=O) groups excluding carboxylic acids is 1. The van der Waals surface area contributed by atoms with Gasteiger partial charge in [0.15, 0.2) is 0 Å². The summed E-state index contributed by atoms with van der Waals surface area (Å²) in [6.07, 6.45) is 2.84. The molecule has 0 aromatic carbocycles. The Labute approximate surface area is 92.7 Å². The molecule has 2 aliphatic rings. The van der Waals surface area contributed by atoms with E-state index < -0.39 is 0 Å². The van der Waals surface area contributed by atoms with Crippen molar-refractivity contribution in [1.29, 1.82) is 0 Å². The number of aromatic amines is 1. The van der Waals surface area contributed by atoms with Crippen LogP contribution in [-0.4, -0.2) is 32.9 Å². The van der Waals surface area contributed by atoms with Crippen LogP contribution in [0.2, 0.25) is 0 Å². The molecule has 5 nitrogen and oxygen atoms in total. The zero-order valence-corrected chi connectivity index (χ0v) is 9.07. The Bertz CT molecular complexity index is 401. The predicted molar refractivity (Wildman–Crippen MR) is 58.1 cm³/mol. The van der Waals surface area contributed by atoms with E-state index in [0.717, 1.165) is 5.82 Å². The molecule has 1 aromatic heterocycles. The van der Waals surface area contributed by atoms with E-state index in [1.807, 2.05) is 0 Å². The minimum absolute atomic E-state index is 0.0661. The molecule has 2 fully saturated rings. The topological polar surface area (TPSA) is 61.9 Å². The average molecular weight is 224 g/mol. The van der Waals surface area contributed by atoms with Gasteiger partial charge in [0, 0.05) is 24.1 Å². The van der Waals surface area contributed by atoms with Crippen LogP contribution in [0.3, 0.4) is 0 Å². The third-order valence-corrected chi connectivity index (χ3v) is 3.15. The van der Waals surface area contributed by atoms with Gasteiger partial charge in [0.1, 0.15) is 5.82 Å². The standard InChI is InChI=1S/C9H12N4OS/c14-7-3-6(15)4-13(7)9-10-8(11-12-9)5-1-2-5/h5-6,15H,1-4H2,(H,10,11,12). The molecule has 15 heavy (non-hydrogen) atoms. The van der Waals surface area contributed by atoms with Crippen molar-refractivity contribution in [3.63, 3.8) is 0 Å². The lowest BCUT2D eigenvalue weighted by molar-refractivity contribution is -0.117. The van der Waals surface area contributed by atoms with E-state index >= 15 is 0 Å². The van der Waals surface area contributed by atoms with Crippen LogP contribution < -0.4 is 4.90 Å². The Hall–Kier alpha value is -1.04. The lowest BCUT2D eigenvalue weighted by Crippen LogP contribution is -2.25. The van der Waals surface area contributed by atoms with Gasteiger partial charge in [-0.15, -0.1) is 5.10 Å². The van der Waals surface area contributed by atoms with Gasteiger partial charge in [-0.1, -0.05) is 0 Å². The molecular formula is C9H12N4OS. The van der Waals surface area contributed by atoms with Crippen LogP contribution in [0.5, 0.6) is 0 Å². The highest BCUT2D eigenvalue weighted by molar-refractivity contribution is 7.81. The van der Waals surface area contributed by atoms with E-state index in [0.29, 0.717) is 24.8 Å². The molecule has 6 heteroatoms. The van der Waals surface area contributed by atoms with Gasteiger partial charge in [0.25, 0.3) is 5.95 Å². The summed E-state index contributed by atoms with van der Waals surface area (Å²) in [7, 11) is 0. The summed E-state index contributed by atoms with van der Waals surface area (Å²) in [6, 6.07) is 0. The molecule has 0 radical (unpaired) electrons. The molecular weight excluding hydrogens is 212 g/mol. The summed E-state index contributed by atoms with van der Waals surface area (Å²) in [5.41, 5.74) is 0. The van der Waals surface area contributed by atoms with E-state index in [1.165, 1.54) is 12.8 Å². The predicted octanol–water partition coefficient (Wildman–Crippen LogP) is 0.717. The number of thiol groups is 1. The Kier molecular flexibility index (Phi) is 1.98. The van der Waals surface area contributed by atoms with Gasteiger partial charge in [0.2, 0.25) is 5.91 Å². The summed E-state index contributed by atoms with van der Waals surface area (Å²) < 4.78 is 0. The second-order valence-electron chi connectivity index (χ2n) is 4.16. The number of carbonyl (C=O) groups is 1. The molecule has 1 aliphatic carbocycles. The van der Waals surface area contributed by atoms with Crippen LogP contribution in [0.15, 0.2) is 0 Å². The molecule has 1 saturated carbocycles. The zero-order valence-electron chi connectivity index (χ0n) is 8.18. The summed E-state index contributed by atoms with van der Waals surface area (Å²) in [5, 5.41) is 7.09. The summed E-state index contributed by atoms with van der Waals surface area (Å²) in [4.78, 5) is 17.5. The van der Waals surface area contributed by atoms with Crippen molar-refractivity contribution in [3.05, 3.63) is 5.82 Å². The van der Waals surface area contributed by atoms with Gasteiger partial charge >= 0.3 is 0 Å². The van der Waals surface area contributed by atoms with Gasteiger partial charge in [-0.3, -0.25) is 14.8 Å². The SMILES string of the molecule is O=C1CC(S)CN1c1n[nH]c(C2CC2)n1. The van der Waals surface area contributed by atoms with Crippen molar-refractivity contribution in [3.8, 4) is 0 Å². The highest BCUT2D eigenvalue weighted by Gasteiger charge is 2.33. The van der Waals surface area contributed by atoms with Gasteiger partial charge in [-0.25, -0.2) is 0 Å². The van der Waals surface area contributed by atoms with E-state index in [1.54, 1.807) is 4.90 Å². The molecule has 2 heterocycles. The molecule has 0 spiro atoms. The first-order valence-corrected chi connectivity index (χ1v) is 5.66. The fraction of sp³-hybridized carbons (Fsp3) is 0.667.